The Kier molecular flexibility index (Phi) is 8.32. The van der Waals surface area contributed by atoms with E-state index in [1.807, 2.05) is 32.0 Å². The number of carbonyl (C=O) groups is 1. The summed E-state index contributed by atoms with van der Waals surface area (Å²) in [7, 11) is 1.68. The third-order valence-electron chi connectivity index (χ3n) is 5.29. The fourth-order valence-corrected chi connectivity index (χ4v) is 4.81. The highest BCUT2D eigenvalue weighted by atomic mass is 35.5. The monoisotopic (exact) mass is 470 g/mol. The van der Waals surface area contributed by atoms with Gasteiger partial charge in [-0.2, -0.15) is 0 Å². The van der Waals surface area contributed by atoms with E-state index >= 15 is 0 Å². The number of rotatable bonds is 9. The van der Waals surface area contributed by atoms with Gasteiger partial charge in [-0.15, -0.1) is 4.72 Å². The molecule has 0 unspecified atom stereocenters. The van der Waals surface area contributed by atoms with E-state index in [0.717, 1.165) is 18.4 Å². The molecule has 0 fully saturated rings. The summed E-state index contributed by atoms with van der Waals surface area (Å²) in [5, 5.41) is 0.561. The maximum absolute atomic E-state index is 13.3. The molecule has 0 radical (unpaired) electrons. The van der Waals surface area contributed by atoms with Crippen LogP contribution in [0.5, 0.6) is 0 Å². The molecule has 2 atom stereocenters. The summed E-state index contributed by atoms with van der Waals surface area (Å²) in [5.41, 5.74) is 3.05. The predicted octanol–water partition coefficient (Wildman–Crippen LogP) is 5.05. The summed E-state index contributed by atoms with van der Waals surface area (Å²) < 4.78 is 17.0. The van der Waals surface area contributed by atoms with Crippen molar-refractivity contribution in [1.82, 2.24) is 9.29 Å². The highest BCUT2D eigenvalue weighted by Gasteiger charge is 2.22. The van der Waals surface area contributed by atoms with E-state index in [-0.39, 0.29) is 17.4 Å². The quantitative estimate of drug-likeness (QED) is 0.350. The average Bonchev–Trinajstić information content (AvgIpc) is 2.79. The SMILES string of the molecule is CCCC[S@+]([O-])N[C@@H](C)c1cc(=O)n(C)cc1-c1ccccc1C(=O)c1ccc(Cl)cc1. The number of aromatic nitrogens is 1. The van der Waals surface area contributed by atoms with Gasteiger partial charge in [0, 0.05) is 52.4 Å². The molecule has 5 nitrogen and oxygen atoms in total. The highest BCUT2D eigenvalue weighted by molar-refractivity contribution is 7.89. The van der Waals surface area contributed by atoms with Gasteiger partial charge < -0.3 is 9.12 Å². The highest BCUT2D eigenvalue weighted by Crippen LogP contribution is 2.31. The van der Waals surface area contributed by atoms with E-state index < -0.39 is 11.4 Å². The van der Waals surface area contributed by atoms with Crippen LogP contribution >= 0.6 is 11.6 Å². The Bertz CT molecular complexity index is 1140. The Labute approximate surface area is 196 Å². The van der Waals surface area contributed by atoms with Crippen molar-refractivity contribution in [3.63, 3.8) is 0 Å². The van der Waals surface area contributed by atoms with Crippen molar-refractivity contribution in [2.24, 2.45) is 7.05 Å². The fourth-order valence-electron chi connectivity index (χ4n) is 3.50. The third kappa shape index (κ3) is 5.70. The first kappa shape index (κ1) is 24.3. The van der Waals surface area contributed by atoms with Gasteiger partial charge >= 0.3 is 0 Å². The van der Waals surface area contributed by atoms with Crippen molar-refractivity contribution in [2.75, 3.05) is 5.75 Å². The first-order valence-electron chi connectivity index (χ1n) is 10.6. The van der Waals surface area contributed by atoms with Gasteiger partial charge in [0.15, 0.2) is 5.78 Å². The van der Waals surface area contributed by atoms with Gasteiger partial charge in [0.2, 0.25) is 0 Å². The van der Waals surface area contributed by atoms with Crippen LogP contribution in [0.15, 0.2) is 65.6 Å². The Morgan fingerprint density at radius 1 is 1.16 bits per heavy atom. The predicted molar refractivity (Wildman–Crippen MR) is 131 cm³/mol. The zero-order valence-electron chi connectivity index (χ0n) is 18.4. The second-order valence-electron chi connectivity index (χ2n) is 7.72. The Morgan fingerprint density at radius 2 is 1.84 bits per heavy atom. The minimum atomic E-state index is -1.21. The first-order valence-corrected chi connectivity index (χ1v) is 12.3. The second-order valence-corrected chi connectivity index (χ2v) is 9.49. The first-order chi connectivity index (χ1) is 15.3. The molecule has 1 heterocycles. The molecule has 3 aromatic rings. The van der Waals surface area contributed by atoms with Crippen LogP contribution in [0.1, 0.15) is 54.2 Å². The van der Waals surface area contributed by atoms with E-state index in [0.29, 0.717) is 33.0 Å². The number of nitrogens with one attached hydrogen (secondary N) is 1. The molecule has 1 aromatic heterocycles. The van der Waals surface area contributed by atoms with Crippen molar-refractivity contribution in [3.05, 3.63) is 92.9 Å². The Morgan fingerprint density at radius 3 is 2.53 bits per heavy atom. The number of ketones is 1. The normalized spacial score (nSPS) is 13.0. The molecule has 0 aliphatic carbocycles. The zero-order valence-corrected chi connectivity index (χ0v) is 20.0. The molecule has 0 amide bonds. The van der Waals surface area contributed by atoms with Crippen LogP contribution in [0.2, 0.25) is 5.02 Å². The van der Waals surface area contributed by atoms with Crippen LogP contribution in [-0.4, -0.2) is 20.7 Å². The number of aryl methyl sites for hydroxylation is 1. The number of hydrogen-bond donors (Lipinski definition) is 1. The largest absolute Gasteiger partial charge is 0.598 e. The van der Waals surface area contributed by atoms with Crippen LogP contribution in [0, 0.1) is 0 Å². The van der Waals surface area contributed by atoms with Gasteiger partial charge in [0.25, 0.3) is 5.56 Å². The minimum Gasteiger partial charge on any atom is -0.598 e. The lowest BCUT2D eigenvalue weighted by atomic mass is 9.91. The van der Waals surface area contributed by atoms with Crippen LogP contribution in [0.25, 0.3) is 11.1 Å². The van der Waals surface area contributed by atoms with Crippen molar-refractivity contribution in [2.45, 2.75) is 32.7 Å². The van der Waals surface area contributed by atoms with Crippen LogP contribution in [0.4, 0.5) is 0 Å². The topological polar surface area (TPSA) is 74.2 Å². The number of pyridine rings is 1. The van der Waals surface area contributed by atoms with E-state index in [1.54, 1.807) is 49.6 Å². The number of carbonyl (C=O) groups excluding carboxylic acids is 1. The molecule has 0 saturated heterocycles. The van der Waals surface area contributed by atoms with Gasteiger partial charge in [-0.1, -0.05) is 49.2 Å². The summed E-state index contributed by atoms with van der Waals surface area (Å²) in [6, 6.07) is 15.3. The molecule has 168 valence electrons. The third-order valence-corrected chi connectivity index (χ3v) is 6.81. The minimum absolute atomic E-state index is 0.135. The van der Waals surface area contributed by atoms with Crippen molar-refractivity contribution in [1.29, 1.82) is 0 Å². The van der Waals surface area contributed by atoms with Gasteiger partial charge in [0.1, 0.15) is 5.75 Å². The van der Waals surface area contributed by atoms with E-state index in [2.05, 4.69) is 4.72 Å². The fraction of sp³-hybridized carbons (Fsp3) is 0.280. The second kappa shape index (κ2) is 11.0. The molecule has 32 heavy (non-hydrogen) atoms. The molecule has 1 N–H and O–H groups in total. The van der Waals surface area contributed by atoms with Crippen LogP contribution in [0.3, 0.4) is 0 Å². The molecule has 0 aliphatic rings. The summed E-state index contributed by atoms with van der Waals surface area (Å²) in [6.07, 6.45) is 3.55. The van der Waals surface area contributed by atoms with Crippen molar-refractivity contribution >= 4 is 28.7 Å². The molecule has 0 aliphatic heterocycles. The molecule has 2 aromatic carbocycles. The van der Waals surface area contributed by atoms with Crippen molar-refractivity contribution < 1.29 is 9.35 Å². The molecular weight excluding hydrogens is 444 g/mol. The van der Waals surface area contributed by atoms with E-state index in [4.69, 9.17) is 11.6 Å². The molecule has 0 spiro atoms. The maximum atomic E-state index is 13.3. The van der Waals surface area contributed by atoms with Crippen LogP contribution < -0.4 is 10.3 Å². The number of nitrogens with zero attached hydrogens (tertiary/aromatic N) is 1. The molecular formula is C25H27ClN2O3S. The lowest BCUT2D eigenvalue weighted by Gasteiger charge is -2.21. The van der Waals surface area contributed by atoms with E-state index in [9.17, 15) is 14.1 Å². The summed E-state index contributed by atoms with van der Waals surface area (Å²) in [6.45, 7) is 3.93. The number of halogens is 1. The molecule has 0 bridgehead atoms. The van der Waals surface area contributed by atoms with Gasteiger partial charge in [0.05, 0.1) is 6.04 Å². The Balaban J connectivity index is 2.06. The molecule has 3 rings (SSSR count). The van der Waals surface area contributed by atoms with Gasteiger partial charge in [-0.05, 0) is 48.7 Å². The van der Waals surface area contributed by atoms with E-state index in [1.165, 1.54) is 4.57 Å². The Hall–Kier alpha value is -2.38. The lowest BCUT2D eigenvalue weighted by molar-refractivity contribution is 0.103. The lowest BCUT2D eigenvalue weighted by Crippen LogP contribution is -2.30. The maximum Gasteiger partial charge on any atom is 0.250 e. The summed E-state index contributed by atoms with van der Waals surface area (Å²) >= 11 is 4.76. The standard InChI is InChI=1S/C25H27ClN2O3S/c1-4-5-14-32(31)27-17(2)22-15-24(29)28(3)16-23(22)20-8-6-7-9-21(20)25(30)18-10-12-19(26)13-11-18/h6-13,15-17,27H,4-5,14H2,1-3H3/t17-,32-/m0/s1. The van der Waals surface area contributed by atoms with Crippen LogP contribution in [-0.2, 0) is 18.4 Å². The molecule has 0 saturated carbocycles. The number of benzene rings is 2. The number of unbranched alkanes of at least 4 members (excludes halogenated alkanes) is 1. The van der Waals surface area contributed by atoms with Gasteiger partial charge in [-0.3, -0.25) is 9.59 Å². The number of hydrogen-bond acceptors (Lipinski definition) is 4. The summed E-state index contributed by atoms with van der Waals surface area (Å²) in [4.78, 5) is 25.7. The smallest absolute Gasteiger partial charge is 0.250 e. The van der Waals surface area contributed by atoms with Crippen molar-refractivity contribution in [3.8, 4) is 11.1 Å². The molecule has 7 heteroatoms. The average molecular weight is 471 g/mol. The summed E-state index contributed by atoms with van der Waals surface area (Å²) in [5.74, 6) is 0.413. The zero-order chi connectivity index (χ0) is 23.3. The van der Waals surface area contributed by atoms with Gasteiger partial charge in [-0.25, -0.2) is 0 Å².